The Kier molecular flexibility index (Phi) is 5.95. The number of amides is 1. The predicted octanol–water partition coefficient (Wildman–Crippen LogP) is 2.79. The summed E-state index contributed by atoms with van der Waals surface area (Å²) in [7, 11) is 1.43. The molecule has 0 aromatic heterocycles. The minimum atomic E-state index is -1.09. The Balaban J connectivity index is 1.99. The fourth-order valence-electron chi connectivity index (χ4n) is 2.12. The number of methoxy groups -OCH3 is 1. The van der Waals surface area contributed by atoms with Gasteiger partial charge < -0.3 is 19.9 Å². The van der Waals surface area contributed by atoms with Crippen LogP contribution in [0.4, 0.5) is 5.69 Å². The number of ether oxygens (including phenoxy) is 2. The number of ketones is 1. The summed E-state index contributed by atoms with van der Waals surface area (Å²) in [5.74, 6) is -1.37. The van der Waals surface area contributed by atoms with Gasteiger partial charge in [0.05, 0.1) is 7.11 Å². The normalized spacial score (nSPS) is 11.3. The number of phenolic OH excluding ortho intramolecular Hbond substituents is 1. The van der Waals surface area contributed by atoms with Crippen molar-refractivity contribution in [1.29, 1.82) is 0 Å². The second kappa shape index (κ2) is 8.15. The molecule has 0 heterocycles. The first-order valence-corrected chi connectivity index (χ1v) is 7.81. The van der Waals surface area contributed by atoms with Gasteiger partial charge in [-0.15, -0.1) is 0 Å². The summed E-state index contributed by atoms with van der Waals surface area (Å²) in [5, 5.41) is 12.4. The number of rotatable bonds is 6. The van der Waals surface area contributed by atoms with Crippen molar-refractivity contribution in [2.75, 3.05) is 12.4 Å². The standard InChI is InChI=1S/C19H19NO6/c1-11(21)13-4-6-14(7-5-13)20-18(23)12(2)26-19(24)16-9-8-15(25-3)10-17(16)22/h4-10,12,22H,1-3H3,(H,20,23)/t12-/m0/s1. The smallest absolute Gasteiger partial charge is 0.342 e. The van der Waals surface area contributed by atoms with E-state index in [2.05, 4.69) is 5.32 Å². The molecular weight excluding hydrogens is 338 g/mol. The molecule has 0 aliphatic rings. The highest BCUT2D eigenvalue weighted by atomic mass is 16.5. The highest BCUT2D eigenvalue weighted by Crippen LogP contribution is 2.24. The van der Waals surface area contributed by atoms with Crippen molar-refractivity contribution >= 4 is 23.3 Å². The van der Waals surface area contributed by atoms with E-state index in [1.807, 2.05) is 0 Å². The Bertz CT molecular complexity index is 828. The summed E-state index contributed by atoms with van der Waals surface area (Å²) < 4.78 is 10.0. The molecule has 1 atom stereocenters. The predicted molar refractivity (Wildman–Crippen MR) is 94.6 cm³/mol. The van der Waals surface area contributed by atoms with Gasteiger partial charge in [-0.3, -0.25) is 9.59 Å². The van der Waals surface area contributed by atoms with Crippen LogP contribution in [0.2, 0.25) is 0 Å². The number of anilines is 1. The molecule has 0 saturated heterocycles. The Morgan fingerprint density at radius 3 is 2.27 bits per heavy atom. The number of Topliss-reactive ketones (excluding diaryl/α,β-unsaturated/α-hetero) is 1. The second-order valence-electron chi connectivity index (χ2n) is 5.55. The Labute approximate surface area is 150 Å². The molecule has 7 heteroatoms. The second-order valence-corrected chi connectivity index (χ2v) is 5.55. The first-order chi connectivity index (χ1) is 12.3. The van der Waals surface area contributed by atoms with Crippen LogP contribution in [0.1, 0.15) is 34.6 Å². The lowest BCUT2D eigenvalue weighted by molar-refractivity contribution is -0.123. The number of carbonyl (C=O) groups is 3. The first kappa shape index (κ1) is 19.0. The van der Waals surface area contributed by atoms with Crippen LogP contribution in [0.5, 0.6) is 11.5 Å². The summed E-state index contributed by atoms with van der Waals surface area (Å²) in [6.45, 7) is 2.86. The molecule has 0 spiro atoms. The van der Waals surface area contributed by atoms with Gasteiger partial charge in [-0.25, -0.2) is 4.79 Å². The summed E-state index contributed by atoms with van der Waals surface area (Å²) in [4.78, 5) is 35.5. The molecule has 2 aromatic rings. The van der Waals surface area contributed by atoms with Crippen molar-refractivity contribution in [1.82, 2.24) is 0 Å². The molecule has 2 aromatic carbocycles. The minimum absolute atomic E-state index is 0.0729. The van der Waals surface area contributed by atoms with Gasteiger partial charge in [-0.1, -0.05) is 0 Å². The quantitative estimate of drug-likeness (QED) is 0.609. The topological polar surface area (TPSA) is 102 Å². The average Bonchev–Trinajstić information content (AvgIpc) is 2.61. The lowest BCUT2D eigenvalue weighted by Crippen LogP contribution is -2.30. The molecule has 0 bridgehead atoms. The van der Waals surface area contributed by atoms with Crippen LogP contribution in [-0.2, 0) is 9.53 Å². The maximum Gasteiger partial charge on any atom is 0.342 e. The van der Waals surface area contributed by atoms with Crippen LogP contribution in [0.15, 0.2) is 42.5 Å². The summed E-state index contributed by atoms with van der Waals surface area (Å²) in [6.07, 6.45) is -1.09. The van der Waals surface area contributed by atoms with E-state index in [-0.39, 0.29) is 17.1 Å². The molecule has 26 heavy (non-hydrogen) atoms. The molecule has 0 aliphatic heterocycles. The van der Waals surface area contributed by atoms with Gasteiger partial charge in [0.25, 0.3) is 5.91 Å². The molecule has 2 rings (SSSR count). The zero-order valence-electron chi connectivity index (χ0n) is 14.6. The minimum Gasteiger partial charge on any atom is -0.507 e. The van der Waals surface area contributed by atoms with Crippen LogP contribution < -0.4 is 10.1 Å². The van der Waals surface area contributed by atoms with Gasteiger partial charge in [0.1, 0.15) is 17.1 Å². The molecule has 136 valence electrons. The fourth-order valence-corrected chi connectivity index (χ4v) is 2.12. The number of benzene rings is 2. The monoisotopic (exact) mass is 357 g/mol. The van der Waals surface area contributed by atoms with Crippen LogP contribution in [0, 0.1) is 0 Å². The Morgan fingerprint density at radius 1 is 1.08 bits per heavy atom. The largest absolute Gasteiger partial charge is 0.507 e. The summed E-state index contributed by atoms with van der Waals surface area (Å²) in [5.41, 5.74) is 0.920. The van der Waals surface area contributed by atoms with Gasteiger partial charge in [0.15, 0.2) is 11.9 Å². The molecule has 1 amide bonds. The fraction of sp³-hybridized carbons (Fsp3) is 0.211. The van der Waals surface area contributed by atoms with Crippen molar-refractivity contribution < 1.29 is 29.0 Å². The highest BCUT2D eigenvalue weighted by Gasteiger charge is 2.21. The van der Waals surface area contributed by atoms with E-state index in [0.29, 0.717) is 17.0 Å². The summed E-state index contributed by atoms with van der Waals surface area (Å²) in [6, 6.07) is 10.5. The van der Waals surface area contributed by atoms with Crippen LogP contribution >= 0.6 is 0 Å². The zero-order chi connectivity index (χ0) is 19.3. The van der Waals surface area contributed by atoms with Crippen LogP contribution in [0.3, 0.4) is 0 Å². The lowest BCUT2D eigenvalue weighted by Gasteiger charge is -2.14. The van der Waals surface area contributed by atoms with Gasteiger partial charge in [0, 0.05) is 17.3 Å². The van der Waals surface area contributed by atoms with E-state index < -0.39 is 18.0 Å². The van der Waals surface area contributed by atoms with Crippen molar-refractivity contribution in [2.24, 2.45) is 0 Å². The highest BCUT2D eigenvalue weighted by molar-refractivity contribution is 5.99. The van der Waals surface area contributed by atoms with E-state index in [1.54, 1.807) is 24.3 Å². The number of nitrogens with one attached hydrogen (secondary N) is 1. The Morgan fingerprint density at radius 2 is 1.73 bits per heavy atom. The van der Waals surface area contributed by atoms with Gasteiger partial charge >= 0.3 is 5.97 Å². The van der Waals surface area contributed by atoms with Gasteiger partial charge in [-0.05, 0) is 50.2 Å². The van der Waals surface area contributed by atoms with E-state index in [9.17, 15) is 19.5 Å². The van der Waals surface area contributed by atoms with Crippen molar-refractivity contribution in [3.63, 3.8) is 0 Å². The van der Waals surface area contributed by atoms with Gasteiger partial charge in [0.2, 0.25) is 0 Å². The van der Waals surface area contributed by atoms with Crippen molar-refractivity contribution in [3.8, 4) is 11.5 Å². The Hall–Kier alpha value is -3.35. The molecule has 2 N–H and O–H groups in total. The average molecular weight is 357 g/mol. The third kappa shape index (κ3) is 4.60. The molecule has 0 aliphatic carbocycles. The number of esters is 1. The molecule has 7 nitrogen and oxygen atoms in total. The number of hydrogen-bond donors (Lipinski definition) is 2. The van der Waals surface area contributed by atoms with E-state index in [4.69, 9.17) is 9.47 Å². The number of hydrogen-bond acceptors (Lipinski definition) is 6. The van der Waals surface area contributed by atoms with Gasteiger partial charge in [-0.2, -0.15) is 0 Å². The molecule has 0 saturated carbocycles. The third-order valence-corrected chi connectivity index (χ3v) is 3.64. The lowest BCUT2D eigenvalue weighted by atomic mass is 10.1. The van der Waals surface area contributed by atoms with Crippen molar-refractivity contribution in [2.45, 2.75) is 20.0 Å². The number of carbonyl (C=O) groups excluding carboxylic acids is 3. The zero-order valence-corrected chi connectivity index (χ0v) is 14.6. The number of phenols is 1. The third-order valence-electron chi connectivity index (χ3n) is 3.64. The maximum atomic E-state index is 12.1. The number of aromatic hydroxyl groups is 1. The van der Waals surface area contributed by atoms with Crippen LogP contribution in [0.25, 0.3) is 0 Å². The summed E-state index contributed by atoms with van der Waals surface area (Å²) >= 11 is 0. The SMILES string of the molecule is COc1ccc(C(=O)O[C@@H](C)C(=O)Nc2ccc(C(C)=O)cc2)c(O)c1. The van der Waals surface area contributed by atoms with E-state index >= 15 is 0 Å². The molecule has 0 fully saturated rings. The maximum absolute atomic E-state index is 12.1. The van der Waals surface area contributed by atoms with Crippen LogP contribution in [-0.4, -0.2) is 36.0 Å². The molecule has 0 unspecified atom stereocenters. The van der Waals surface area contributed by atoms with E-state index in [1.165, 1.54) is 39.2 Å². The van der Waals surface area contributed by atoms with Crippen molar-refractivity contribution in [3.05, 3.63) is 53.6 Å². The molecular formula is C19H19NO6. The molecule has 0 radical (unpaired) electrons. The first-order valence-electron chi connectivity index (χ1n) is 7.81. The van der Waals surface area contributed by atoms with E-state index in [0.717, 1.165) is 0 Å².